The van der Waals surface area contributed by atoms with Gasteiger partial charge in [0.15, 0.2) is 0 Å². The van der Waals surface area contributed by atoms with Crippen LogP contribution >= 0.6 is 39.0 Å². The van der Waals surface area contributed by atoms with E-state index in [2.05, 4.69) is 39.7 Å². The molecule has 0 saturated carbocycles. The lowest BCUT2D eigenvalue weighted by Gasteiger charge is -2.06. The molecule has 1 aromatic heterocycles. The lowest BCUT2D eigenvalue weighted by molar-refractivity contribution is 0.282. The third-order valence-electron chi connectivity index (χ3n) is 2.14. The zero-order valence-corrected chi connectivity index (χ0v) is 10.8. The molecule has 0 bridgehead atoms. The van der Waals surface area contributed by atoms with E-state index in [0.29, 0.717) is 0 Å². The summed E-state index contributed by atoms with van der Waals surface area (Å²) in [5.74, 6) is 0. The van der Waals surface area contributed by atoms with Crippen molar-refractivity contribution >= 4 is 49.1 Å². The maximum Gasteiger partial charge on any atom is 0.0699 e. The molecule has 1 nitrogen and oxygen atoms in total. The van der Waals surface area contributed by atoms with E-state index in [0.717, 1.165) is 15.4 Å². The highest BCUT2D eigenvalue weighted by atomic mass is 79.9. The molecule has 0 aliphatic carbocycles. The van der Waals surface area contributed by atoms with Gasteiger partial charge in [0, 0.05) is 25.0 Å². The summed E-state index contributed by atoms with van der Waals surface area (Å²) < 4.78 is 2.26. The van der Waals surface area contributed by atoms with Gasteiger partial charge < -0.3 is 5.11 Å². The number of aliphatic hydroxyl groups is 1. The first-order chi connectivity index (χ1) is 6.77. The highest BCUT2D eigenvalue weighted by Gasteiger charge is 2.10. The molecule has 2 aromatic rings. The second-order valence-corrected chi connectivity index (χ2v) is 5.48. The Morgan fingerprint density at radius 2 is 2.36 bits per heavy atom. The molecule has 0 radical (unpaired) electrons. The summed E-state index contributed by atoms with van der Waals surface area (Å²) in [6.07, 6.45) is 2.07. The maximum absolute atomic E-state index is 9.27. The van der Waals surface area contributed by atoms with Crippen LogP contribution < -0.4 is 0 Å². The standard InChI is InChI=1S/C10H9BrOS2/c1-13-9-4-8(11)7(5-12)6-2-3-14-10(6)9/h2-4,12H,5H2,1H3. The van der Waals surface area contributed by atoms with Crippen LogP contribution in [-0.2, 0) is 6.61 Å². The van der Waals surface area contributed by atoms with E-state index in [9.17, 15) is 5.11 Å². The third kappa shape index (κ3) is 1.60. The number of fused-ring (bicyclic) bond motifs is 1. The first-order valence-electron chi connectivity index (χ1n) is 4.11. The van der Waals surface area contributed by atoms with Crippen LogP contribution in [0.4, 0.5) is 0 Å². The summed E-state index contributed by atoms with van der Waals surface area (Å²) in [7, 11) is 0. The van der Waals surface area contributed by atoms with Crippen molar-refractivity contribution in [3.63, 3.8) is 0 Å². The SMILES string of the molecule is CSc1cc(Br)c(CO)c2ccsc12. The summed E-state index contributed by atoms with van der Waals surface area (Å²) in [5.41, 5.74) is 0.985. The lowest BCUT2D eigenvalue weighted by Crippen LogP contribution is -1.87. The minimum atomic E-state index is 0.0858. The quantitative estimate of drug-likeness (QED) is 0.847. The molecule has 0 aliphatic rings. The van der Waals surface area contributed by atoms with Crippen molar-refractivity contribution < 1.29 is 5.11 Å². The van der Waals surface area contributed by atoms with Crippen molar-refractivity contribution in [3.05, 3.63) is 27.5 Å². The van der Waals surface area contributed by atoms with Gasteiger partial charge in [-0.2, -0.15) is 0 Å². The first kappa shape index (κ1) is 10.5. The largest absolute Gasteiger partial charge is 0.392 e. The van der Waals surface area contributed by atoms with Gasteiger partial charge in [0.1, 0.15) is 0 Å². The van der Waals surface area contributed by atoms with Gasteiger partial charge in [0.25, 0.3) is 0 Å². The second kappa shape index (κ2) is 4.23. The molecule has 0 atom stereocenters. The third-order valence-corrected chi connectivity index (χ3v) is 4.68. The van der Waals surface area contributed by atoms with Gasteiger partial charge in [0.05, 0.1) is 6.61 Å². The molecule has 0 spiro atoms. The number of thiophene rings is 1. The predicted octanol–water partition coefficient (Wildman–Crippen LogP) is 3.88. The molecule has 0 amide bonds. The average molecular weight is 289 g/mol. The molecular formula is C10H9BrOS2. The van der Waals surface area contributed by atoms with Crippen LogP contribution in [0.5, 0.6) is 0 Å². The fraction of sp³-hybridized carbons (Fsp3) is 0.200. The van der Waals surface area contributed by atoms with Gasteiger partial charge in [-0.15, -0.1) is 23.1 Å². The number of hydrogen-bond acceptors (Lipinski definition) is 3. The average Bonchev–Trinajstić information content (AvgIpc) is 2.65. The fourth-order valence-electron chi connectivity index (χ4n) is 1.45. The second-order valence-electron chi connectivity index (χ2n) is 2.86. The van der Waals surface area contributed by atoms with Crippen LogP contribution in [0.3, 0.4) is 0 Å². The Labute approximate surface area is 99.3 Å². The maximum atomic E-state index is 9.27. The Hall–Kier alpha value is -0.0300. The highest BCUT2D eigenvalue weighted by Crippen LogP contribution is 2.37. The lowest BCUT2D eigenvalue weighted by atomic mass is 10.1. The molecule has 14 heavy (non-hydrogen) atoms. The molecule has 0 fully saturated rings. The number of benzene rings is 1. The van der Waals surface area contributed by atoms with Gasteiger partial charge >= 0.3 is 0 Å². The number of halogens is 1. The van der Waals surface area contributed by atoms with E-state index >= 15 is 0 Å². The van der Waals surface area contributed by atoms with Crippen molar-refractivity contribution in [2.45, 2.75) is 11.5 Å². The van der Waals surface area contributed by atoms with Crippen molar-refractivity contribution in [1.29, 1.82) is 0 Å². The van der Waals surface area contributed by atoms with Gasteiger partial charge in [-0.3, -0.25) is 0 Å². The minimum Gasteiger partial charge on any atom is -0.392 e. The Morgan fingerprint density at radius 3 is 3.00 bits per heavy atom. The Bertz CT molecular complexity index is 464. The fourth-order valence-corrected chi connectivity index (χ4v) is 3.92. The Kier molecular flexibility index (Phi) is 3.17. The van der Waals surface area contributed by atoms with Gasteiger partial charge in [-0.05, 0) is 23.8 Å². The van der Waals surface area contributed by atoms with E-state index in [1.807, 2.05) is 0 Å². The normalized spacial score (nSPS) is 11.1. The molecule has 0 saturated heterocycles. The summed E-state index contributed by atoms with van der Waals surface area (Å²) in [6, 6.07) is 4.14. The van der Waals surface area contributed by atoms with Crippen molar-refractivity contribution in [3.8, 4) is 0 Å². The zero-order chi connectivity index (χ0) is 10.1. The minimum absolute atomic E-state index is 0.0858. The molecule has 4 heteroatoms. The van der Waals surface area contributed by atoms with Crippen molar-refractivity contribution in [2.75, 3.05) is 6.26 Å². The van der Waals surface area contributed by atoms with Crippen LogP contribution in [0.15, 0.2) is 26.9 Å². The van der Waals surface area contributed by atoms with Crippen LogP contribution in [0.25, 0.3) is 10.1 Å². The van der Waals surface area contributed by atoms with E-state index in [-0.39, 0.29) is 6.61 Å². The van der Waals surface area contributed by atoms with E-state index < -0.39 is 0 Å². The molecule has 2 rings (SSSR count). The van der Waals surface area contributed by atoms with Crippen LogP contribution in [0.1, 0.15) is 5.56 Å². The number of hydrogen-bond donors (Lipinski definition) is 1. The monoisotopic (exact) mass is 288 g/mol. The molecule has 74 valence electrons. The van der Waals surface area contributed by atoms with Crippen LogP contribution in [0, 0.1) is 0 Å². The number of thioether (sulfide) groups is 1. The predicted molar refractivity (Wildman–Crippen MR) is 67.2 cm³/mol. The van der Waals surface area contributed by atoms with Gasteiger partial charge in [-0.25, -0.2) is 0 Å². The molecule has 0 aliphatic heterocycles. The summed E-state index contributed by atoms with van der Waals surface area (Å²) >= 11 is 6.94. The Morgan fingerprint density at radius 1 is 1.57 bits per heavy atom. The van der Waals surface area contributed by atoms with Gasteiger partial charge in [-0.1, -0.05) is 15.9 Å². The number of rotatable bonds is 2. The highest BCUT2D eigenvalue weighted by molar-refractivity contribution is 9.10. The summed E-state index contributed by atoms with van der Waals surface area (Å²) in [4.78, 5) is 1.26. The molecule has 1 N–H and O–H groups in total. The summed E-state index contributed by atoms with van der Waals surface area (Å²) in [5, 5.41) is 12.5. The summed E-state index contributed by atoms with van der Waals surface area (Å²) in [6.45, 7) is 0.0858. The van der Waals surface area contributed by atoms with Crippen molar-refractivity contribution in [1.82, 2.24) is 0 Å². The van der Waals surface area contributed by atoms with E-state index in [4.69, 9.17) is 0 Å². The Balaban J connectivity index is 2.81. The van der Waals surface area contributed by atoms with Crippen LogP contribution in [0.2, 0.25) is 0 Å². The number of aliphatic hydroxyl groups excluding tert-OH is 1. The molecule has 1 heterocycles. The molecular weight excluding hydrogens is 280 g/mol. The van der Waals surface area contributed by atoms with Crippen molar-refractivity contribution in [2.24, 2.45) is 0 Å². The molecule has 0 unspecified atom stereocenters. The first-order valence-corrected chi connectivity index (χ1v) is 7.01. The zero-order valence-electron chi connectivity index (χ0n) is 7.58. The van der Waals surface area contributed by atoms with E-state index in [1.54, 1.807) is 23.1 Å². The smallest absolute Gasteiger partial charge is 0.0699 e. The van der Waals surface area contributed by atoms with Crippen LogP contribution in [-0.4, -0.2) is 11.4 Å². The molecule has 1 aromatic carbocycles. The topological polar surface area (TPSA) is 20.2 Å². The van der Waals surface area contributed by atoms with Gasteiger partial charge in [0.2, 0.25) is 0 Å². The van der Waals surface area contributed by atoms with E-state index in [1.165, 1.54) is 9.60 Å².